The molecule has 10 heteroatoms. The van der Waals surface area contributed by atoms with Gasteiger partial charge in [0.25, 0.3) is 0 Å². The van der Waals surface area contributed by atoms with E-state index in [0.717, 1.165) is 5.56 Å². The third-order valence-electron chi connectivity index (χ3n) is 3.78. The van der Waals surface area contributed by atoms with Gasteiger partial charge in [-0.3, -0.25) is 4.79 Å². The molecule has 0 aliphatic heterocycles. The van der Waals surface area contributed by atoms with Crippen LogP contribution in [0.5, 0.6) is 5.75 Å². The molecule has 29 heavy (non-hydrogen) atoms. The summed E-state index contributed by atoms with van der Waals surface area (Å²) in [4.78, 5) is 23.0. The Labute approximate surface area is 163 Å². The minimum Gasteiger partial charge on any atom is -0.479 e. The van der Waals surface area contributed by atoms with E-state index in [1.807, 2.05) is 35.6 Å². The fourth-order valence-electron chi connectivity index (χ4n) is 2.35. The molecule has 2 aromatic carbocycles. The summed E-state index contributed by atoms with van der Waals surface area (Å²) in [6.45, 7) is -0.798. The van der Waals surface area contributed by atoms with Crippen LogP contribution in [-0.2, 0) is 16.1 Å². The van der Waals surface area contributed by atoms with E-state index in [9.17, 15) is 27.2 Å². The van der Waals surface area contributed by atoms with Crippen LogP contribution in [0.1, 0.15) is 12.0 Å². The first-order valence-corrected chi connectivity index (χ1v) is 8.39. The number of hydrogen-bond donors (Lipinski definition) is 2. The standard InChI is InChI=1S/C19H17F4NO5/c20-12-8-13(21)17(23)18(16(12)22)29-10-15(25)14(24-19(26)27)6-7-28-9-11-4-2-1-3-5-11/h1-5,8,14,24H,6-7,9-10H2,(H,26,27). The first-order chi connectivity index (χ1) is 13.8. The quantitative estimate of drug-likeness (QED) is 0.353. The van der Waals surface area contributed by atoms with Gasteiger partial charge in [0.2, 0.25) is 11.6 Å². The molecule has 2 aromatic rings. The largest absolute Gasteiger partial charge is 0.479 e. The predicted molar refractivity (Wildman–Crippen MR) is 92.4 cm³/mol. The Hall–Kier alpha value is -3.14. The van der Waals surface area contributed by atoms with E-state index in [1.54, 1.807) is 0 Å². The van der Waals surface area contributed by atoms with Gasteiger partial charge in [-0.2, -0.15) is 8.78 Å². The average molecular weight is 415 g/mol. The van der Waals surface area contributed by atoms with Gasteiger partial charge in [0.15, 0.2) is 23.2 Å². The Morgan fingerprint density at radius 1 is 1.03 bits per heavy atom. The van der Waals surface area contributed by atoms with E-state index in [4.69, 9.17) is 9.84 Å². The monoisotopic (exact) mass is 415 g/mol. The summed E-state index contributed by atoms with van der Waals surface area (Å²) < 4.78 is 63.4. The Morgan fingerprint density at radius 3 is 2.24 bits per heavy atom. The molecule has 0 spiro atoms. The molecule has 0 heterocycles. The maximum Gasteiger partial charge on any atom is 0.405 e. The van der Waals surface area contributed by atoms with E-state index in [1.165, 1.54) is 0 Å². The third-order valence-corrected chi connectivity index (χ3v) is 3.78. The highest BCUT2D eigenvalue weighted by Gasteiger charge is 2.25. The summed E-state index contributed by atoms with van der Waals surface area (Å²) in [7, 11) is 0. The van der Waals surface area contributed by atoms with Crippen LogP contribution in [0, 0.1) is 23.3 Å². The van der Waals surface area contributed by atoms with Crippen molar-refractivity contribution in [3.05, 3.63) is 65.2 Å². The smallest absolute Gasteiger partial charge is 0.405 e. The average Bonchev–Trinajstić information content (AvgIpc) is 2.69. The summed E-state index contributed by atoms with van der Waals surface area (Å²) in [5, 5.41) is 10.8. The molecule has 1 amide bonds. The van der Waals surface area contributed by atoms with E-state index in [2.05, 4.69) is 4.74 Å². The molecule has 0 fully saturated rings. The van der Waals surface area contributed by atoms with Crippen molar-refractivity contribution in [2.75, 3.05) is 13.2 Å². The van der Waals surface area contributed by atoms with Gasteiger partial charge in [-0.15, -0.1) is 0 Å². The van der Waals surface area contributed by atoms with Crippen molar-refractivity contribution in [1.29, 1.82) is 0 Å². The SMILES string of the molecule is O=C(O)NC(CCOCc1ccccc1)C(=O)COc1c(F)c(F)cc(F)c1F. The zero-order valence-electron chi connectivity index (χ0n) is 15.0. The normalized spacial score (nSPS) is 11.7. The molecule has 0 aliphatic carbocycles. The number of ether oxygens (including phenoxy) is 2. The number of amides is 1. The number of ketones is 1. The van der Waals surface area contributed by atoms with Crippen LogP contribution < -0.4 is 10.1 Å². The highest BCUT2D eigenvalue weighted by molar-refractivity contribution is 5.88. The van der Waals surface area contributed by atoms with Crippen molar-refractivity contribution in [1.82, 2.24) is 5.32 Å². The minimum atomic E-state index is -1.80. The zero-order valence-corrected chi connectivity index (χ0v) is 15.0. The second-order valence-corrected chi connectivity index (χ2v) is 5.88. The maximum atomic E-state index is 13.6. The van der Waals surface area contributed by atoms with E-state index >= 15 is 0 Å². The number of rotatable bonds is 10. The lowest BCUT2D eigenvalue weighted by Gasteiger charge is -2.17. The predicted octanol–water partition coefficient (Wildman–Crippen LogP) is 3.43. The van der Waals surface area contributed by atoms with Crippen LogP contribution in [0.2, 0.25) is 0 Å². The third kappa shape index (κ3) is 6.46. The minimum absolute atomic E-state index is 0.00177. The summed E-state index contributed by atoms with van der Waals surface area (Å²) in [5.41, 5.74) is 0.865. The lowest BCUT2D eigenvalue weighted by atomic mass is 10.1. The lowest BCUT2D eigenvalue weighted by Crippen LogP contribution is -2.43. The van der Waals surface area contributed by atoms with Crippen molar-refractivity contribution in [2.24, 2.45) is 0 Å². The van der Waals surface area contributed by atoms with Crippen LogP contribution >= 0.6 is 0 Å². The fraction of sp³-hybridized carbons (Fsp3) is 0.263. The summed E-state index contributed by atoms with van der Waals surface area (Å²) in [6, 6.07) is 7.75. The van der Waals surface area contributed by atoms with Gasteiger partial charge in [-0.25, -0.2) is 13.6 Å². The second-order valence-electron chi connectivity index (χ2n) is 5.88. The molecular weight excluding hydrogens is 398 g/mol. The number of carboxylic acid groups (broad SMARTS) is 1. The van der Waals surface area contributed by atoms with Gasteiger partial charge >= 0.3 is 6.09 Å². The number of nitrogens with one attached hydrogen (secondary N) is 1. The van der Waals surface area contributed by atoms with Gasteiger partial charge in [-0.1, -0.05) is 30.3 Å². The number of halogens is 4. The van der Waals surface area contributed by atoms with Crippen molar-refractivity contribution >= 4 is 11.9 Å². The maximum absolute atomic E-state index is 13.6. The Bertz CT molecular complexity index is 837. The zero-order chi connectivity index (χ0) is 21.4. The molecule has 1 unspecified atom stereocenters. The molecule has 0 saturated carbocycles. The number of carbonyl (C=O) groups is 2. The second kappa shape index (κ2) is 10.4. The van der Waals surface area contributed by atoms with Crippen LogP contribution in [0.4, 0.5) is 22.4 Å². The Balaban J connectivity index is 1.94. The Kier molecular flexibility index (Phi) is 7.96. The highest BCUT2D eigenvalue weighted by Crippen LogP contribution is 2.26. The molecule has 1 atom stereocenters. The van der Waals surface area contributed by atoms with E-state index in [0.29, 0.717) is 0 Å². The van der Waals surface area contributed by atoms with Crippen LogP contribution in [0.15, 0.2) is 36.4 Å². The molecule has 0 bridgehead atoms. The van der Waals surface area contributed by atoms with E-state index in [-0.39, 0.29) is 25.7 Å². The Morgan fingerprint density at radius 2 is 1.66 bits per heavy atom. The topological polar surface area (TPSA) is 84.9 Å². The number of hydrogen-bond acceptors (Lipinski definition) is 4. The molecule has 2 N–H and O–H groups in total. The van der Waals surface area contributed by atoms with Gasteiger partial charge in [0, 0.05) is 12.7 Å². The first kappa shape index (κ1) is 22.2. The first-order valence-electron chi connectivity index (χ1n) is 8.39. The number of Topliss-reactive ketones (excluding diaryl/α,β-unsaturated/α-hetero) is 1. The molecular formula is C19H17F4NO5. The van der Waals surface area contributed by atoms with Crippen LogP contribution in [0.3, 0.4) is 0 Å². The molecule has 6 nitrogen and oxygen atoms in total. The molecule has 0 saturated heterocycles. The summed E-state index contributed by atoms with van der Waals surface area (Å²) in [6.07, 6.45) is -1.61. The highest BCUT2D eigenvalue weighted by atomic mass is 19.2. The summed E-state index contributed by atoms with van der Waals surface area (Å²) >= 11 is 0. The molecule has 2 rings (SSSR count). The molecule has 0 aliphatic rings. The van der Waals surface area contributed by atoms with Crippen LogP contribution in [-0.4, -0.2) is 36.2 Å². The van der Waals surface area contributed by atoms with Crippen molar-refractivity contribution in [3.8, 4) is 5.75 Å². The number of carbonyl (C=O) groups excluding carboxylic acids is 1. The van der Waals surface area contributed by atoms with Crippen molar-refractivity contribution in [3.63, 3.8) is 0 Å². The van der Waals surface area contributed by atoms with Crippen molar-refractivity contribution < 1.29 is 41.7 Å². The fourth-order valence-corrected chi connectivity index (χ4v) is 2.35. The van der Waals surface area contributed by atoms with E-state index < -0.39 is 53.5 Å². The summed E-state index contributed by atoms with van der Waals surface area (Å²) in [5.74, 6) is -9.29. The number of benzene rings is 2. The van der Waals surface area contributed by atoms with Gasteiger partial charge in [0.05, 0.1) is 12.6 Å². The van der Waals surface area contributed by atoms with Crippen molar-refractivity contribution in [2.45, 2.75) is 19.1 Å². The van der Waals surface area contributed by atoms with Gasteiger partial charge in [-0.05, 0) is 12.0 Å². The van der Waals surface area contributed by atoms with Gasteiger partial charge in [0.1, 0.15) is 6.61 Å². The molecule has 156 valence electrons. The lowest BCUT2D eigenvalue weighted by molar-refractivity contribution is -0.123. The van der Waals surface area contributed by atoms with Crippen LogP contribution in [0.25, 0.3) is 0 Å². The molecule has 0 aromatic heterocycles. The molecule has 0 radical (unpaired) electrons. The van der Waals surface area contributed by atoms with Gasteiger partial charge < -0.3 is 19.9 Å².